The summed E-state index contributed by atoms with van der Waals surface area (Å²) in [5, 5.41) is 0. The Labute approximate surface area is 121 Å². The molecule has 0 aliphatic carbocycles. The Morgan fingerprint density at radius 1 is 1.25 bits per heavy atom. The first kappa shape index (κ1) is 15.4. The predicted octanol–water partition coefficient (Wildman–Crippen LogP) is 1.73. The fourth-order valence-corrected chi connectivity index (χ4v) is 2.84. The molecule has 0 spiro atoms. The van der Waals surface area contributed by atoms with Crippen molar-refractivity contribution in [1.29, 1.82) is 0 Å². The Morgan fingerprint density at radius 3 is 2.45 bits per heavy atom. The van der Waals surface area contributed by atoms with Gasteiger partial charge >= 0.3 is 0 Å². The van der Waals surface area contributed by atoms with Crippen LogP contribution in [0, 0.1) is 6.92 Å². The van der Waals surface area contributed by atoms with Gasteiger partial charge in [0.2, 0.25) is 0 Å². The first-order valence-electron chi connectivity index (χ1n) is 7.24. The average molecular weight is 278 g/mol. The first-order chi connectivity index (χ1) is 9.63. The number of ether oxygens (including phenoxy) is 2. The lowest BCUT2D eigenvalue weighted by Gasteiger charge is -2.19. The van der Waals surface area contributed by atoms with E-state index in [0.717, 1.165) is 26.1 Å². The number of likely N-dealkylation sites (tertiary alicyclic amines) is 1. The number of methoxy groups -OCH3 is 2. The zero-order valence-electron chi connectivity index (χ0n) is 12.7. The summed E-state index contributed by atoms with van der Waals surface area (Å²) in [5.41, 5.74) is 8.77. The van der Waals surface area contributed by atoms with Crippen LogP contribution in [0.3, 0.4) is 0 Å². The van der Waals surface area contributed by atoms with Crippen molar-refractivity contribution in [2.45, 2.75) is 31.6 Å². The lowest BCUT2D eigenvalue weighted by Crippen LogP contribution is -2.27. The molecule has 0 saturated carbocycles. The van der Waals surface area contributed by atoms with Gasteiger partial charge in [-0.25, -0.2) is 0 Å². The van der Waals surface area contributed by atoms with Gasteiger partial charge in [0.1, 0.15) is 0 Å². The topological polar surface area (TPSA) is 47.7 Å². The van der Waals surface area contributed by atoms with Gasteiger partial charge in [-0.3, -0.25) is 4.90 Å². The van der Waals surface area contributed by atoms with Crippen molar-refractivity contribution in [2.24, 2.45) is 5.73 Å². The van der Waals surface area contributed by atoms with E-state index in [1.54, 1.807) is 14.2 Å². The second kappa shape index (κ2) is 7.18. The summed E-state index contributed by atoms with van der Waals surface area (Å²) < 4.78 is 10.9. The molecule has 1 aromatic rings. The van der Waals surface area contributed by atoms with Crippen LogP contribution in [0.15, 0.2) is 24.3 Å². The van der Waals surface area contributed by atoms with E-state index in [9.17, 15) is 0 Å². The maximum atomic E-state index is 6.29. The molecule has 20 heavy (non-hydrogen) atoms. The van der Waals surface area contributed by atoms with E-state index in [-0.39, 0.29) is 18.2 Å². The van der Waals surface area contributed by atoms with Crippen LogP contribution >= 0.6 is 0 Å². The fourth-order valence-electron chi connectivity index (χ4n) is 2.84. The van der Waals surface area contributed by atoms with Gasteiger partial charge in [0.25, 0.3) is 0 Å². The van der Waals surface area contributed by atoms with Gasteiger partial charge in [-0.05, 0) is 18.9 Å². The lowest BCUT2D eigenvalue weighted by molar-refractivity contribution is -0.00461. The van der Waals surface area contributed by atoms with Crippen molar-refractivity contribution >= 4 is 0 Å². The van der Waals surface area contributed by atoms with Crippen LogP contribution in [-0.2, 0) is 9.47 Å². The molecule has 4 nitrogen and oxygen atoms in total. The number of rotatable bonds is 6. The molecule has 112 valence electrons. The number of nitrogens with zero attached hydrogens (tertiary/aromatic N) is 1. The molecule has 1 fully saturated rings. The van der Waals surface area contributed by atoms with Gasteiger partial charge in [0.15, 0.2) is 0 Å². The quantitative estimate of drug-likeness (QED) is 0.861. The monoisotopic (exact) mass is 278 g/mol. The molecule has 2 N–H and O–H groups in total. The minimum absolute atomic E-state index is 0.0949. The molecule has 3 unspecified atom stereocenters. The second-order valence-electron chi connectivity index (χ2n) is 5.62. The summed E-state index contributed by atoms with van der Waals surface area (Å²) in [6.07, 6.45) is 1.31. The van der Waals surface area contributed by atoms with Crippen LogP contribution in [-0.4, -0.2) is 51.0 Å². The minimum Gasteiger partial charge on any atom is -0.377 e. The second-order valence-corrected chi connectivity index (χ2v) is 5.62. The van der Waals surface area contributed by atoms with Gasteiger partial charge in [-0.2, -0.15) is 0 Å². The highest BCUT2D eigenvalue weighted by molar-refractivity contribution is 5.24. The molecule has 0 amide bonds. The van der Waals surface area contributed by atoms with E-state index in [2.05, 4.69) is 36.1 Å². The molecule has 1 aliphatic heterocycles. The Hall–Kier alpha value is -0.940. The summed E-state index contributed by atoms with van der Waals surface area (Å²) in [7, 11) is 3.50. The molecule has 0 radical (unpaired) electrons. The van der Waals surface area contributed by atoms with Crippen LogP contribution in [0.5, 0.6) is 0 Å². The SMILES string of the molecule is COC1CN(CCC(N)c2cccc(C)c2)CC1OC. The Kier molecular flexibility index (Phi) is 5.54. The number of benzene rings is 1. The van der Waals surface area contributed by atoms with E-state index in [1.165, 1.54) is 11.1 Å². The molecule has 4 heteroatoms. The smallest absolute Gasteiger partial charge is 0.0971 e. The van der Waals surface area contributed by atoms with Gasteiger partial charge in [-0.15, -0.1) is 0 Å². The highest BCUT2D eigenvalue weighted by atomic mass is 16.5. The van der Waals surface area contributed by atoms with E-state index in [4.69, 9.17) is 15.2 Å². The number of aryl methyl sites for hydroxylation is 1. The Morgan fingerprint density at radius 2 is 1.90 bits per heavy atom. The summed E-state index contributed by atoms with van der Waals surface area (Å²) in [6, 6.07) is 8.55. The summed E-state index contributed by atoms with van der Waals surface area (Å²) in [5.74, 6) is 0. The van der Waals surface area contributed by atoms with Gasteiger partial charge in [-0.1, -0.05) is 29.8 Å². The molecular weight excluding hydrogens is 252 g/mol. The van der Waals surface area contributed by atoms with Gasteiger partial charge in [0, 0.05) is 39.9 Å². The maximum Gasteiger partial charge on any atom is 0.0971 e. The van der Waals surface area contributed by atoms with Crippen molar-refractivity contribution in [2.75, 3.05) is 33.9 Å². The lowest BCUT2D eigenvalue weighted by atomic mass is 10.0. The van der Waals surface area contributed by atoms with Crippen molar-refractivity contribution in [3.63, 3.8) is 0 Å². The molecule has 2 rings (SSSR count). The van der Waals surface area contributed by atoms with Crippen LogP contribution in [0.4, 0.5) is 0 Å². The molecule has 0 bridgehead atoms. The van der Waals surface area contributed by atoms with E-state index >= 15 is 0 Å². The highest BCUT2D eigenvalue weighted by Gasteiger charge is 2.32. The Bertz CT molecular complexity index is 413. The molecule has 0 aromatic heterocycles. The van der Waals surface area contributed by atoms with E-state index < -0.39 is 0 Å². The van der Waals surface area contributed by atoms with Crippen molar-refractivity contribution in [3.8, 4) is 0 Å². The van der Waals surface area contributed by atoms with Gasteiger partial charge in [0.05, 0.1) is 12.2 Å². The first-order valence-corrected chi connectivity index (χ1v) is 7.24. The molecule has 1 aliphatic rings. The fraction of sp³-hybridized carbons (Fsp3) is 0.625. The third kappa shape index (κ3) is 3.79. The predicted molar refractivity (Wildman–Crippen MR) is 80.8 cm³/mol. The zero-order chi connectivity index (χ0) is 14.5. The third-order valence-electron chi connectivity index (χ3n) is 4.12. The average Bonchev–Trinajstić information content (AvgIpc) is 2.87. The summed E-state index contributed by atoms with van der Waals surface area (Å²) in [4.78, 5) is 2.37. The largest absolute Gasteiger partial charge is 0.377 e. The number of hydrogen-bond acceptors (Lipinski definition) is 4. The van der Waals surface area contributed by atoms with Crippen LogP contribution in [0.1, 0.15) is 23.6 Å². The van der Waals surface area contributed by atoms with Crippen LogP contribution in [0.25, 0.3) is 0 Å². The summed E-state index contributed by atoms with van der Waals surface area (Å²) >= 11 is 0. The highest BCUT2D eigenvalue weighted by Crippen LogP contribution is 2.19. The molecule has 1 heterocycles. The molecule has 1 saturated heterocycles. The molecular formula is C16H26N2O2. The zero-order valence-corrected chi connectivity index (χ0v) is 12.7. The molecule has 1 aromatic carbocycles. The Balaban J connectivity index is 1.84. The van der Waals surface area contributed by atoms with E-state index in [0.29, 0.717) is 0 Å². The number of hydrogen-bond donors (Lipinski definition) is 1. The van der Waals surface area contributed by atoms with Gasteiger partial charge < -0.3 is 15.2 Å². The summed E-state index contributed by atoms with van der Waals surface area (Å²) in [6.45, 7) is 4.93. The van der Waals surface area contributed by atoms with Crippen molar-refractivity contribution < 1.29 is 9.47 Å². The standard InChI is InChI=1S/C16H26N2O2/c1-12-5-4-6-13(9-12)14(17)7-8-18-10-15(19-2)16(11-18)20-3/h4-6,9,14-16H,7-8,10-11,17H2,1-3H3. The number of nitrogens with two attached hydrogens (primary N) is 1. The molecule has 3 atom stereocenters. The van der Waals surface area contributed by atoms with Crippen LogP contribution in [0.2, 0.25) is 0 Å². The minimum atomic E-state index is 0.0949. The van der Waals surface area contributed by atoms with Crippen molar-refractivity contribution in [1.82, 2.24) is 4.90 Å². The third-order valence-corrected chi connectivity index (χ3v) is 4.12. The van der Waals surface area contributed by atoms with Crippen molar-refractivity contribution in [3.05, 3.63) is 35.4 Å². The maximum absolute atomic E-state index is 6.29. The van der Waals surface area contributed by atoms with E-state index in [1.807, 2.05) is 0 Å². The van der Waals surface area contributed by atoms with Crippen LogP contribution < -0.4 is 5.73 Å². The normalized spacial score (nSPS) is 25.0.